The first kappa shape index (κ1) is 12.1. The molecule has 1 heterocycles. The molecule has 0 saturated heterocycles. The summed E-state index contributed by atoms with van der Waals surface area (Å²) in [6.45, 7) is 2.19. The molecule has 1 fully saturated rings. The van der Waals surface area contributed by atoms with Gasteiger partial charge >= 0.3 is 0 Å². The van der Waals surface area contributed by atoms with Crippen molar-refractivity contribution >= 4 is 11.3 Å². The highest BCUT2D eigenvalue weighted by Crippen LogP contribution is 2.29. The van der Waals surface area contributed by atoms with Crippen molar-refractivity contribution in [2.75, 3.05) is 0 Å². The van der Waals surface area contributed by atoms with E-state index in [9.17, 15) is 5.11 Å². The van der Waals surface area contributed by atoms with E-state index in [4.69, 9.17) is 0 Å². The van der Waals surface area contributed by atoms with Gasteiger partial charge < -0.3 is 5.11 Å². The van der Waals surface area contributed by atoms with E-state index in [1.54, 1.807) is 0 Å². The van der Waals surface area contributed by atoms with E-state index in [1.165, 1.54) is 41.9 Å². The van der Waals surface area contributed by atoms with E-state index in [0.29, 0.717) is 5.92 Å². The minimum absolute atomic E-state index is 0.108. The molecule has 0 bridgehead atoms. The highest BCUT2D eigenvalue weighted by atomic mass is 32.1. The zero-order chi connectivity index (χ0) is 11.4. The predicted octanol–water partition coefficient (Wildman–Crippen LogP) is 3.79. The van der Waals surface area contributed by atoms with Crippen molar-refractivity contribution in [1.82, 2.24) is 0 Å². The van der Waals surface area contributed by atoms with Crippen LogP contribution in [0.1, 0.15) is 48.8 Å². The normalized spacial score (nSPS) is 19.9. The van der Waals surface area contributed by atoms with Crippen LogP contribution in [-0.4, -0.2) is 11.2 Å². The second kappa shape index (κ2) is 5.83. The molecular weight excluding hydrogens is 216 g/mol. The lowest BCUT2D eigenvalue weighted by Gasteiger charge is -2.26. The van der Waals surface area contributed by atoms with Gasteiger partial charge in [0.15, 0.2) is 0 Å². The van der Waals surface area contributed by atoms with E-state index in [1.807, 2.05) is 11.3 Å². The van der Waals surface area contributed by atoms with E-state index in [0.717, 1.165) is 12.8 Å². The first-order chi connectivity index (χ1) is 7.79. The summed E-state index contributed by atoms with van der Waals surface area (Å²) in [5.74, 6) is 0.556. The van der Waals surface area contributed by atoms with Crippen LogP contribution in [0.25, 0.3) is 0 Å². The molecule has 1 aliphatic carbocycles. The van der Waals surface area contributed by atoms with Gasteiger partial charge in [-0.3, -0.25) is 0 Å². The number of rotatable bonds is 4. The summed E-state index contributed by atoms with van der Waals surface area (Å²) in [5, 5.41) is 10.2. The number of hydrogen-bond acceptors (Lipinski definition) is 2. The van der Waals surface area contributed by atoms with Crippen molar-refractivity contribution in [3.05, 3.63) is 21.9 Å². The maximum Gasteiger partial charge on any atom is 0.0616 e. The summed E-state index contributed by atoms with van der Waals surface area (Å²) in [7, 11) is 0. The summed E-state index contributed by atoms with van der Waals surface area (Å²) in [5.41, 5.74) is 0. The van der Waals surface area contributed by atoms with Gasteiger partial charge in [-0.15, -0.1) is 11.3 Å². The van der Waals surface area contributed by atoms with Gasteiger partial charge in [-0.2, -0.15) is 0 Å². The molecule has 0 aliphatic heterocycles. The van der Waals surface area contributed by atoms with Gasteiger partial charge in [0.1, 0.15) is 0 Å². The third-order valence-corrected chi connectivity index (χ3v) is 4.92. The van der Waals surface area contributed by atoms with Crippen LogP contribution in [0.15, 0.2) is 12.1 Å². The molecule has 1 aromatic heterocycles. The van der Waals surface area contributed by atoms with E-state index < -0.39 is 0 Å². The Morgan fingerprint density at radius 3 is 2.56 bits per heavy atom. The molecule has 16 heavy (non-hydrogen) atoms. The van der Waals surface area contributed by atoms with Gasteiger partial charge in [0.2, 0.25) is 0 Å². The van der Waals surface area contributed by atoms with E-state index in [2.05, 4.69) is 19.1 Å². The van der Waals surface area contributed by atoms with Crippen LogP contribution < -0.4 is 0 Å². The van der Waals surface area contributed by atoms with Crippen molar-refractivity contribution in [3.63, 3.8) is 0 Å². The molecule has 0 radical (unpaired) electrons. The number of aryl methyl sites for hydroxylation is 1. The zero-order valence-corrected chi connectivity index (χ0v) is 10.9. The molecule has 0 aromatic carbocycles. The van der Waals surface area contributed by atoms with E-state index in [-0.39, 0.29) is 6.10 Å². The Labute approximate surface area is 103 Å². The van der Waals surface area contributed by atoms with Gasteiger partial charge in [0.25, 0.3) is 0 Å². The highest BCUT2D eigenvalue weighted by Gasteiger charge is 2.22. The van der Waals surface area contributed by atoms with Crippen molar-refractivity contribution in [2.24, 2.45) is 5.92 Å². The van der Waals surface area contributed by atoms with E-state index >= 15 is 0 Å². The number of thiophene rings is 1. The smallest absolute Gasteiger partial charge is 0.0616 e. The summed E-state index contributed by atoms with van der Waals surface area (Å²) >= 11 is 1.87. The molecule has 2 heteroatoms. The fraction of sp³-hybridized carbons (Fsp3) is 0.714. The van der Waals surface area contributed by atoms with Crippen LogP contribution >= 0.6 is 11.3 Å². The van der Waals surface area contributed by atoms with Crippen molar-refractivity contribution in [2.45, 2.75) is 58.0 Å². The first-order valence-corrected chi connectivity index (χ1v) is 7.37. The molecule has 0 amide bonds. The lowest BCUT2D eigenvalue weighted by Crippen LogP contribution is -2.24. The van der Waals surface area contributed by atoms with Crippen molar-refractivity contribution < 1.29 is 5.11 Å². The van der Waals surface area contributed by atoms with Crippen LogP contribution in [0.2, 0.25) is 0 Å². The molecule has 1 aliphatic rings. The molecule has 1 N–H and O–H groups in total. The van der Waals surface area contributed by atoms with Gasteiger partial charge in [0, 0.05) is 16.2 Å². The monoisotopic (exact) mass is 238 g/mol. The largest absolute Gasteiger partial charge is 0.392 e. The Morgan fingerprint density at radius 1 is 1.25 bits per heavy atom. The van der Waals surface area contributed by atoms with Gasteiger partial charge in [0.05, 0.1) is 6.10 Å². The fourth-order valence-corrected chi connectivity index (χ4v) is 3.62. The lowest BCUT2D eigenvalue weighted by molar-refractivity contribution is 0.0858. The number of aliphatic hydroxyl groups is 1. The molecule has 1 unspecified atom stereocenters. The molecule has 1 aromatic rings. The summed E-state index contributed by atoms with van der Waals surface area (Å²) in [4.78, 5) is 2.79. The molecule has 1 saturated carbocycles. The van der Waals surface area contributed by atoms with Gasteiger partial charge in [-0.05, 0) is 37.3 Å². The molecular formula is C14H22OS. The third kappa shape index (κ3) is 3.08. The van der Waals surface area contributed by atoms with Crippen LogP contribution in [0.5, 0.6) is 0 Å². The summed E-state index contributed by atoms with van der Waals surface area (Å²) < 4.78 is 0. The fourth-order valence-electron chi connectivity index (χ4n) is 2.61. The van der Waals surface area contributed by atoms with Crippen LogP contribution in [0, 0.1) is 5.92 Å². The second-order valence-corrected chi connectivity index (χ2v) is 6.14. The standard InChI is InChI=1S/C14H22OS/c1-2-12-8-9-13(16-12)10-14(15)11-6-4-3-5-7-11/h8-9,11,14-15H,2-7,10H2,1H3. The highest BCUT2D eigenvalue weighted by molar-refractivity contribution is 7.11. The number of aliphatic hydroxyl groups excluding tert-OH is 1. The second-order valence-electron chi connectivity index (χ2n) is 4.89. The Morgan fingerprint density at radius 2 is 1.94 bits per heavy atom. The Kier molecular flexibility index (Phi) is 4.42. The molecule has 1 nitrogen and oxygen atoms in total. The Bertz CT molecular complexity index is 312. The van der Waals surface area contributed by atoms with Crippen LogP contribution in [0.3, 0.4) is 0 Å². The maximum atomic E-state index is 10.2. The summed E-state index contributed by atoms with van der Waals surface area (Å²) in [6.07, 6.45) is 8.32. The zero-order valence-electron chi connectivity index (χ0n) is 10.1. The lowest BCUT2D eigenvalue weighted by atomic mass is 9.84. The van der Waals surface area contributed by atoms with Crippen LogP contribution in [-0.2, 0) is 12.8 Å². The minimum Gasteiger partial charge on any atom is -0.392 e. The van der Waals surface area contributed by atoms with Crippen molar-refractivity contribution in [3.8, 4) is 0 Å². The average molecular weight is 238 g/mol. The number of hydrogen-bond donors (Lipinski definition) is 1. The third-order valence-electron chi connectivity index (χ3n) is 3.67. The van der Waals surface area contributed by atoms with Crippen molar-refractivity contribution in [1.29, 1.82) is 0 Å². The molecule has 1 atom stereocenters. The maximum absolute atomic E-state index is 10.2. The predicted molar refractivity (Wildman–Crippen MR) is 70.0 cm³/mol. The molecule has 2 rings (SSSR count). The van der Waals surface area contributed by atoms with Gasteiger partial charge in [-0.25, -0.2) is 0 Å². The Hall–Kier alpha value is -0.340. The molecule has 0 spiro atoms. The average Bonchev–Trinajstić information content (AvgIpc) is 2.78. The minimum atomic E-state index is -0.108. The molecule has 90 valence electrons. The Balaban J connectivity index is 1.87. The summed E-state index contributed by atoms with van der Waals surface area (Å²) in [6, 6.07) is 4.39. The topological polar surface area (TPSA) is 20.2 Å². The SMILES string of the molecule is CCc1ccc(CC(O)C2CCCCC2)s1. The van der Waals surface area contributed by atoms with Gasteiger partial charge in [-0.1, -0.05) is 26.2 Å². The first-order valence-electron chi connectivity index (χ1n) is 6.55. The van der Waals surface area contributed by atoms with Crippen LogP contribution in [0.4, 0.5) is 0 Å². The quantitative estimate of drug-likeness (QED) is 0.846.